The minimum absolute atomic E-state index is 0.0257. The molecule has 20 heavy (non-hydrogen) atoms. The quantitative estimate of drug-likeness (QED) is 0.326. The summed E-state index contributed by atoms with van der Waals surface area (Å²) in [6.45, 7) is 3.11. The van der Waals surface area contributed by atoms with E-state index in [-0.39, 0.29) is 44.7 Å². The van der Waals surface area contributed by atoms with Crippen molar-refractivity contribution in [3.05, 3.63) is 12.2 Å². The fourth-order valence-electron chi connectivity index (χ4n) is 1.25. The molecule has 0 aromatic rings. The number of ether oxygens (including phenoxy) is 2. The highest BCUT2D eigenvalue weighted by molar-refractivity contribution is 5.87. The van der Waals surface area contributed by atoms with E-state index in [1.807, 2.05) is 0 Å². The minimum Gasteiger partial charge on any atom is -0.481 e. The van der Waals surface area contributed by atoms with Crippen molar-refractivity contribution in [1.29, 1.82) is 0 Å². The van der Waals surface area contributed by atoms with Crippen LogP contribution < -0.4 is 0 Å². The van der Waals surface area contributed by atoms with Crippen molar-refractivity contribution in [2.45, 2.75) is 32.1 Å². The number of carbonyl (C=O) groups excluding carboxylic acids is 2. The lowest BCUT2D eigenvalue weighted by molar-refractivity contribution is -0.150. The van der Waals surface area contributed by atoms with E-state index < -0.39 is 17.9 Å². The maximum atomic E-state index is 11.2. The molecule has 0 amide bonds. The molecule has 0 atom stereocenters. The van der Waals surface area contributed by atoms with E-state index in [0.29, 0.717) is 12.8 Å². The molecule has 0 aliphatic rings. The van der Waals surface area contributed by atoms with Crippen LogP contribution in [-0.2, 0) is 23.9 Å². The fraction of sp³-hybridized carbons (Fsp3) is 0.615. The Morgan fingerprint density at radius 1 is 0.950 bits per heavy atom. The molecule has 0 saturated heterocycles. The second kappa shape index (κ2) is 11.0. The van der Waals surface area contributed by atoms with Crippen molar-refractivity contribution >= 4 is 17.9 Å². The first-order valence-electron chi connectivity index (χ1n) is 6.30. The maximum absolute atomic E-state index is 11.2. The highest BCUT2D eigenvalue weighted by Gasteiger charge is 2.08. The molecule has 0 saturated carbocycles. The highest BCUT2D eigenvalue weighted by atomic mass is 16.6. The second-order valence-corrected chi connectivity index (χ2v) is 4.03. The van der Waals surface area contributed by atoms with Crippen LogP contribution in [-0.4, -0.2) is 47.9 Å². The number of aliphatic hydroxyl groups is 1. The van der Waals surface area contributed by atoms with Gasteiger partial charge in [-0.2, -0.15) is 0 Å². The lowest BCUT2D eigenvalue weighted by atomic mass is 10.2. The number of aliphatic carboxylic acids is 1. The van der Waals surface area contributed by atoms with E-state index in [0.717, 1.165) is 0 Å². The van der Waals surface area contributed by atoms with Crippen molar-refractivity contribution in [3.63, 3.8) is 0 Å². The summed E-state index contributed by atoms with van der Waals surface area (Å²) in [7, 11) is 0. The van der Waals surface area contributed by atoms with Crippen LogP contribution in [0.4, 0.5) is 0 Å². The van der Waals surface area contributed by atoms with Crippen LogP contribution in [0.15, 0.2) is 12.2 Å². The summed E-state index contributed by atoms with van der Waals surface area (Å²) >= 11 is 0. The molecule has 0 aromatic carbocycles. The van der Waals surface area contributed by atoms with E-state index in [1.54, 1.807) is 0 Å². The van der Waals surface area contributed by atoms with Crippen molar-refractivity contribution in [2.24, 2.45) is 0 Å². The van der Waals surface area contributed by atoms with Crippen LogP contribution in [0, 0.1) is 0 Å². The normalized spacial score (nSPS) is 9.85. The smallest absolute Gasteiger partial charge is 0.333 e. The summed E-state index contributed by atoms with van der Waals surface area (Å²) in [6.07, 6.45) is 1.16. The second-order valence-electron chi connectivity index (χ2n) is 4.03. The third kappa shape index (κ3) is 10.1. The van der Waals surface area contributed by atoms with Gasteiger partial charge in [0, 0.05) is 31.4 Å². The zero-order chi connectivity index (χ0) is 15.4. The Balaban J connectivity index is 3.54. The Hall–Kier alpha value is -1.89. The zero-order valence-electron chi connectivity index (χ0n) is 11.3. The van der Waals surface area contributed by atoms with Gasteiger partial charge in [-0.25, -0.2) is 4.79 Å². The molecule has 0 unspecified atom stereocenters. The van der Waals surface area contributed by atoms with Crippen LogP contribution in [0.2, 0.25) is 0 Å². The van der Waals surface area contributed by atoms with Crippen LogP contribution >= 0.6 is 0 Å². The van der Waals surface area contributed by atoms with Crippen LogP contribution in [0.3, 0.4) is 0 Å². The Kier molecular flexibility index (Phi) is 9.94. The number of hydrogen-bond donors (Lipinski definition) is 2. The summed E-state index contributed by atoms with van der Waals surface area (Å²) in [5, 5.41) is 17.0. The van der Waals surface area contributed by atoms with Gasteiger partial charge in [0.2, 0.25) is 0 Å². The predicted molar refractivity (Wildman–Crippen MR) is 68.9 cm³/mol. The van der Waals surface area contributed by atoms with Gasteiger partial charge in [0.25, 0.3) is 0 Å². The molecule has 0 aliphatic heterocycles. The van der Waals surface area contributed by atoms with Gasteiger partial charge in [-0.3, -0.25) is 9.59 Å². The lowest BCUT2D eigenvalue weighted by Gasteiger charge is -2.07. The topological polar surface area (TPSA) is 110 Å². The van der Waals surface area contributed by atoms with Gasteiger partial charge >= 0.3 is 17.9 Å². The third-order valence-electron chi connectivity index (χ3n) is 2.30. The van der Waals surface area contributed by atoms with Crippen molar-refractivity contribution < 1.29 is 34.1 Å². The summed E-state index contributed by atoms with van der Waals surface area (Å²) in [4.78, 5) is 32.7. The Labute approximate surface area is 117 Å². The molecule has 0 rings (SSSR count). The van der Waals surface area contributed by atoms with Crippen LogP contribution in [0.5, 0.6) is 0 Å². The number of hydrogen-bond acceptors (Lipinski definition) is 6. The molecule has 0 fully saturated rings. The van der Waals surface area contributed by atoms with Crippen molar-refractivity contribution in [3.8, 4) is 0 Å². The van der Waals surface area contributed by atoms with Crippen LogP contribution in [0.25, 0.3) is 0 Å². The summed E-state index contributed by atoms with van der Waals surface area (Å²) in [6, 6.07) is 0. The van der Waals surface area contributed by atoms with Gasteiger partial charge in [-0.1, -0.05) is 6.58 Å². The van der Waals surface area contributed by atoms with Gasteiger partial charge in [0.15, 0.2) is 0 Å². The third-order valence-corrected chi connectivity index (χ3v) is 2.30. The van der Waals surface area contributed by atoms with E-state index in [1.165, 1.54) is 0 Å². The first-order valence-corrected chi connectivity index (χ1v) is 6.30. The van der Waals surface area contributed by atoms with Gasteiger partial charge in [-0.15, -0.1) is 0 Å². The van der Waals surface area contributed by atoms with Crippen molar-refractivity contribution in [1.82, 2.24) is 0 Å². The summed E-state index contributed by atoms with van der Waals surface area (Å²) in [5.41, 5.74) is 0.160. The Morgan fingerprint density at radius 2 is 1.55 bits per heavy atom. The van der Waals surface area contributed by atoms with Crippen LogP contribution in [0.1, 0.15) is 32.1 Å². The number of esters is 2. The molecule has 2 N–H and O–H groups in total. The molecule has 0 aromatic heterocycles. The molecule has 114 valence electrons. The molecular weight excluding hydrogens is 268 g/mol. The SMILES string of the molecule is C=C(CCO)C(=O)OCCOC(=O)CCCCC(=O)O. The number of unbranched alkanes of at least 4 members (excludes halogenated alkanes) is 1. The first-order chi connectivity index (χ1) is 9.47. The van der Waals surface area contributed by atoms with E-state index in [9.17, 15) is 14.4 Å². The highest BCUT2D eigenvalue weighted by Crippen LogP contribution is 2.02. The molecule has 0 bridgehead atoms. The molecule has 0 spiro atoms. The molecule has 0 radical (unpaired) electrons. The summed E-state index contributed by atoms with van der Waals surface area (Å²) < 4.78 is 9.56. The van der Waals surface area contributed by atoms with Gasteiger partial charge < -0.3 is 19.7 Å². The number of aliphatic hydroxyl groups excluding tert-OH is 1. The number of carbonyl (C=O) groups is 3. The number of rotatable bonds is 11. The van der Waals surface area contributed by atoms with E-state index >= 15 is 0 Å². The Morgan fingerprint density at radius 3 is 2.15 bits per heavy atom. The average Bonchev–Trinajstić information content (AvgIpc) is 2.39. The number of carboxylic acid groups (broad SMARTS) is 1. The fourth-order valence-corrected chi connectivity index (χ4v) is 1.25. The van der Waals surface area contributed by atoms with Crippen molar-refractivity contribution in [2.75, 3.05) is 19.8 Å². The number of carboxylic acids is 1. The minimum atomic E-state index is -0.895. The largest absolute Gasteiger partial charge is 0.481 e. The standard InChI is InChI=1S/C13H20O7/c1-10(6-7-14)13(18)20-9-8-19-12(17)5-3-2-4-11(15)16/h14H,1-9H2,(H,15,16). The molecule has 0 aliphatic carbocycles. The molecule has 0 heterocycles. The monoisotopic (exact) mass is 288 g/mol. The maximum Gasteiger partial charge on any atom is 0.333 e. The predicted octanol–water partition coefficient (Wildman–Crippen LogP) is 0.656. The lowest BCUT2D eigenvalue weighted by Crippen LogP contribution is -2.15. The van der Waals surface area contributed by atoms with Gasteiger partial charge in [-0.05, 0) is 12.8 Å². The average molecular weight is 288 g/mol. The zero-order valence-corrected chi connectivity index (χ0v) is 11.3. The molecule has 7 heteroatoms. The molecular formula is C13H20O7. The van der Waals surface area contributed by atoms with Gasteiger partial charge in [0.1, 0.15) is 13.2 Å². The molecule has 7 nitrogen and oxygen atoms in total. The first kappa shape index (κ1) is 18.1. The van der Waals surface area contributed by atoms with E-state index in [2.05, 4.69) is 6.58 Å². The summed E-state index contributed by atoms with van der Waals surface area (Å²) in [5.74, 6) is -1.98. The van der Waals surface area contributed by atoms with Gasteiger partial charge in [0.05, 0.1) is 0 Å². The van der Waals surface area contributed by atoms with E-state index in [4.69, 9.17) is 19.7 Å². The Bertz CT molecular complexity index is 349.